The molecule has 0 aromatic heterocycles. The molecular weight excluding hydrogens is 200 g/mol. The highest BCUT2D eigenvalue weighted by molar-refractivity contribution is 5.02. The van der Waals surface area contributed by atoms with Crippen LogP contribution in [0.2, 0.25) is 0 Å². The molecule has 2 fully saturated rings. The van der Waals surface area contributed by atoms with Gasteiger partial charge in [0.25, 0.3) is 0 Å². The lowest BCUT2D eigenvalue weighted by molar-refractivity contribution is -0.151. The molecule has 2 N–H and O–H groups in total. The van der Waals surface area contributed by atoms with E-state index in [4.69, 9.17) is 0 Å². The number of aliphatic hydroxyl groups is 2. The molecule has 0 aromatic rings. The fraction of sp³-hybridized carbons (Fsp3) is 1.00. The summed E-state index contributed by atoms with van der Waals surface area (Å²) >= 11 is 0. The molecule has 0 radical (unpaired) electrons. The summed E-state index contributed by atoms with van der Waals surface area (Å²) in [5.74, 6) is 1.93. The van der Waals surface area contributed by atoms with E-state index in [-0.39, 0.29) is 17.6 Å². The molecule has 6 atom stereocenters. The molecule has 0 spiro atoms. The maximum absolute atomic E-state index is 10.3. The predicted molar refractivity (Wildman–Crippen MR) is 65.0 cm³/mol. The minimum absolute atomic E-state index is 0.0437. The Morgan fingerprint density at radius 1 is 1.00 bits per heavy atom. The molecule has 2 heteroatoms. The largest absolute Gasteiger partial charge is 0.393 e. The van der Waals surface area contributed by atoms with Gasteiger partial charge in [-0.15, -0.1) is 0 Å². The van der Waals surface area contributed by atoms with Crippen LogP contribution in [-0.2, 0) is 0 Å². The monoisotopic (exact) mass is 226 g/mol. The Balaban J connectivity index is 2.33. The van der Waals surface area contributed by atoms with Crippen molar-refractivity contribution in [3.8, 4) is 0 Å². The summed E-state index contributed by atoms with van der Waals surface area (Å²) in [6, 6.07) is 0. The summed E-state index contributed by atoms with van der Waals surface area (Å²) in [5.41, 5.74) is -0.0437. The van der Waals surface area contributed by atoms with Crippen LogP contribution in [0.4, 0.5) is 0 Å². The molecule has 2 aliphatic carbocycles. The van der Waals surface area contributed by atoms with Crippen LogP contribution < -0.4 is 0 Å². The van der Waals surface area contributed by atoms with E-state index in [1.807, 2.05) is 0 Å². The first-order valence-corrected chi connectivity index (χ1v) is 6.71. The lowest BCUT2D eigenvalue weighted by Crippen LogP contribution is -2.55. The van der Waals surface area contributed by atoms with Crippen LogP contribution in [-0.4, -0.2) is 22.4 Å². The van der Waals surface area contributed by atoms with Crippen LogP contribution in [0.15, 0.2) is 0 Å². The van der Waals surface area contributed by atoms with Crippen LogP contribution in [0.25, 0.3) is 0 Å². The van der Waals surface area contributed by atoms with Crippen molar-refractivity contribution in [1.29, 1.82) is 0 Å². The number of hydrogen-bond acceptors (Lipinski definition) is 2. The van der Waals surface area contributed by atoms with E-state index in [9.17, 15) is 10.2 Å². The van der Waals surface area contributed by atoms with Crippen LogP contribution in [0.5, 0.6) is 0 Å². The number of aliphatic hydroxyl groups excluding tert-OH is 2. The van der Waals surface area contributed by atoms with Crippen LogP contribution >= 0.6 is 0 Å². The zero-order valence-electron chi connectivity index (χ0n) is 11.0. The Morgan fingerprint density at radius 2 is 1.62 bits per heavy atom. The third-order valence-corrected chi connectivity index (χ3v) is 5.36. The van der Waals surface area contributed by atoms with Crippen molar-refractivity contribution in [3.05, 3.63) is 0 Å². The van der Waals surface area contributed by atoms with Gasteiger partial charge in [0, 0.05) is 0 Å². The van der Waals surface area contributed by atoms with Crippen molar-refractivity contribution in [1.82, 2.24) is 0 Å². The zero-order valence-corrected chi connectivity index (χ0v) is 11.0. The van der Waals surface area contributed by atoms with Crippen molar-refractivity contribution in [2.24, 2.45) is 29.1 Å². The van der Waals surface area contributed by atoms with Gasteiger partial charge < -0.3 is 10.2 Å². The van der Waals surface area contributed by atoms with Gasteiger partial charge in [-0.25, -0.2) is 0 Å². The Morgan fingerprint density at radius 3 is 2.25 bits per heavy atom. The van der Waals surface area contributed by atoms with Gasteiger partial charge in [0.05, 0.1) is 12.2 Å². The van der Waals surface area contributed by atoms with Gasteiger partial charge in [0.2, 0.25) is 0 Å². The van der Waals surface area contributed by atoms with E-state index in [1.54, 1.807) is 0 Å². The second-order valence-corrected chi connectivity index (χ2v) is 6.78. The van der Waals surface area contributed by atoms with Crippen LogP contribution in [0.3, 0.4) is 0 Å². The second-order valence-electron chi connectivity index (χ2n) is 6.78. The topological polar surface area (TPSA) is 40.5 Å². The summed E-state index contributed by atoms with van der Waals surface area (Å²) in [6.07, 6.45) is 2.53. The molecule has 2 nitrogen and oxygen atoms in total. The van der Waals surface area contributed by atoms with E-state index in [1.165, 1.54) is 0 Å². The predicted octanol–water partition coefficient (Wildman–Crippen LogP) is 2.44. The maximum atomic E-state index is 10.3. The van der Waals surface area contributed by atoms with Crippen LogP contribution in [0, 0.1) is 29.1 Å². The molecule has 0 heterocycles. The smallest absolute Gasteiger partial charge is 0.0596 e. The molecule has 6 unspecified atom stereocenters. The quantitative estimate of drug-likeness (QED) is 0.666. The van der Waals surface area contributed by atoms with Gasteiger partial charge in [-0.3, -0.25) is 0 Å². The molecule has 0 aliphatic heterocycles. The van der Waals surface area contributed by atoms with E-state index in [2.05, 4.69) is 27.7 Å². The zero-order chi connectivity index (χ0) is 12.1. The van der Waals surface area contributed by atoms with Gasteiger partial charge in [-0.1, -0.05) is 27.7 Å². The fourth-order valence-electron chi connectivity index (χ4n) is 4.42. The second kappa shape index (κ2) is 3.99. The molecular formula is C14H26O2. The van der Waals surface area contributed by atoms with Crippen molar-refractivity contribution in [2.75, 3.05) is 0 Å². The lowest BCUT2D eigenvalue weighted by Gasteiger charge is -2.56. The molecule has 0 bridgehead atoms. The molecule has 2 aliphatic rings. The van der Waals surface area contributed by atoms with E-state index in [0.29, 0.717) is 23.7 Å². The van der Waals surface area contributed by atoms with Crippen molar-refractivity contribution in [2.45, 2.75) is 59.2 Å². The highest BCUT2D eigenvalue weighted by atomic mass is 16.3. The number of rotatable bonds is 0. The normalized spacial score (nSPS) is 52.1. The summed E-state index contributed by atoms with van der Waals surface area (Å²) in [7, 11) is 0. The average Bonchev–Trinajstić information content (AvgIpc) is 2.18. The first-order valence-electron chi connectivity index (χ1n) is 6.71. The third kappa shape index (κ3) is 1.70. The van der Waals surface area contributed by atoms with Gasteiger partial charge >= 0.3 is 0 Å². The van der Waals surface area contributed by atoms with E-state index < -0.39 is 0 Å². The summed E-state index contributed by atoms with van der Waals surface area (Å²) in [5, 5.41) is 20.5. The maximum Gasteiger partial charge on any atom is 0.0596 e. The minimum atomic E-state index is -0.212. The molecule has 2 saturated carbocycles. The minimum Gasteiger partial charge on any atom is -0.393 e. The number of fused-ring (bicyclic) bond motifs is 1. The summed E-state index contributed by atoms with van der Waals surface area (Å²) < 4.78 is 0. The standard InChI is InChI=1S/C14H26O2/c1-8-5-6-10(15)12-9(2)7-11(16)14(3,4)13(8)12/h8-13,15-16H,5-7H2,1-4H3. The summed E-state index contributed by atoms with van der Waals surface area (Å²) in [4.78, 5) is 0. The van der Waals surface area contributed by atoms with Gasteiger partial charge in [-0.2, -0.15) is 0 Å². The molecule has 0 amide bonds. The van der Waals surface area contributed by atoms with Crippen molar-refractivity contribution in [3.63, 3.8) is 0 Å². The Kier molecular flexibility index (Phi) is 3.09. The molecule has 94 valence electrons. The van der Waals surface area contributed by atoms with Gasteiger partial charge in [0.1, 0.15) is 0 Å². The lowest BCUT2D eigenvalue weighted by atomic mass is 9.51. The fourth-order valence-corrected chi connectivity index (χ4v) is 4.42. The molecule has 0 saturated heterocycles. The Bertz CT molecular complexity index is 261. The van der Waals surface area contributed by atoms with Gasteiger partial charge in [0.15, 0.2) is 0 Å². The van der Waals surface area contributed by atoms with Crippen molar-refractivity contribution >= 4 is 0 Å². The summed E-state index contributed by atoms with van der Waals surface area (Å²) in [6.45, 7) is 8.83. The highest BCUT2D eigenvalue weighted by Gasteiger charge is 2.53. The first kappa shape index (κ1) is 12.4. The van der Waals surface area contributed by atoms with E-state index in [0.717, 1.165) is 19.3 Å². The first-order chi connectivity index (χ1) is 7.35. The molecule has 2 rings (SSSR count). The average molecular weight is 226 g/mol. The molecule has 16 heavy (non-hydrogen) atoms. The van der Waals surface area contributed by atoms with Gasteiger partial charge in [-0.05, 0) is 48.3 Å². The van der Waals surface area contributed by atoms with E-state index >= 15 is 0 Å². The molecule has 0 aromatic carbocycles. The number of hydrogen-bond donors (Lipinski definition) is 2. The van der Waals surface area contributed by atoms with Crippen LogP contribution in [0.1, 0.15) is 47.0 Å². The third-order valence-electron chi connectivity index (χ3n) is 5.36. The van der Waals surface area contributed by atoms with Crippen molar-refractivity contribution < 1.29 is 10.2 Å². The highest BCUT2D eigenvalue weighted by Crippen LogP contribution is 2.54. The SMILES string of the molecule is CC1CC(O)C(C)(C)C2C(C)CCC(O)C12. The Hall–Kier alpha value is -0.0800. The Labute approximate surface area is 99.1 Å².